The summed E-state index contributed by atoms with van der Waals surface area (Å²) in [5, 5.41) is 1.55. The van der Waals surface area contributed by atoms with Crippen LogP contribution in [0.2, 0.25) is 0 Å². The summed E-state index contributed by atoms with van der Waals surface area (Å²) in [5.41, 5.74) is 0.259. The Bertz CT molecular complexity index is 580. The zero-order chi connectivity index (χ0) is 14.8. The van der Waals surface area contributed by atoms with Gasteiger partial charge in [0.15, 0.2) is 0 Å². The van der Waals surface area contributed by atoms with Gasteiger partial charge in [-0.25, -0.2) is 0 Å². The summed E-state index contributed by atoms with van der Waals surface area (Å²) in [6.07, 6.45) is -3.09. The molecule has 0 fully saturated rings. The molecule has 0 saturated heterocycles. The molecular weight excluding hydrogens is 406 g/mol. The topological polar surface area (TPSA) is 33.5 Å². The van der Waals surface area contributed by atoms with E-state index in [1.165, 1.54) is 23.7 Å². The number of hydrogen-bond acceptors (Lipinski definition) is 3. The van der Waals surface area contributed by atoms with Crippen LogP contribution in [-0.2, 0) is 6.54 Å². The number of carbonyl (C=O) groups excluding carboxylic acids is 1. The SMILES string of the molecule is O=C(c1csc(I)c1)N(Cc1ccco1)CC(F)(F)F. The van der Waals surface area contributed by atoms with Crippen LogP contribution in [0, 0.1) is 2.88 Å². The Labute approximate surface area is 130 Å². The van der Waals surface area contributed by atoms with Crippen LogP contribution >= 0.6 is 33.9 Å². The predicted molar refractivity (Wildman–Crippen MR) is 76.5 cm³/mol. The molecule has 2 aromatic rings. The molecular formula is C12H9F3INO2S. The number of halogens is 4. The first-order valence-corrected chi connectivity index (χ1v) is 7.43. The molecule has 20 heavy (non-hydrogen) atoms. The maximum absolute atomic E-state index is 12.6. The maximum Gasteiger partial charge on any atom is 0.406 e. The normalized spacial score (nSPS) is 11.6. The smallest absolute Gasteiger partial charge is 0.406 e. The number of carbonyl (C=O) groups is 1. The molecule has 0 spiro atoms. The second-order valence-corrected chi connectivity index (χ2v) is 6.80. The van der Waals surface area contributed by atoms with E-state index in [2.05, 4.69) is 0 Å². The fraction of sp³-hybridized carbons (Fsp3) is 0.250. The highest BCUT2D eigenvalue weighted by molar-refractivity contribution is 14.1. The van der Waals surface area contributed by atoms with Crippen LogP contribution in [0.25, 0.3) is 0 Å². The molecule has 0 saturated carbocycles. The predicted octanol–water partition coefficient (Wildman–Crippen LogP) is 4.15. The van der Waals surface area contributed by atoms with Gasteiger partial charge in [-0.1, -0.05) is 0 Å². The summed E-state index contributed by atoms with van der Waals surface area (Å²) < 4.78 is 43.6. The maximum atomic E-state index is 12.6. The Morgan fingerprint density at radius 3 is 2.70 bits per heavy atom. The molecule has 0 aliphatic rings. The summed E-state index contributed by atoms with van der Waals surface area (Å²) in [7, 11) is 0. The molecule has 2 aromatic heterocycles. The van der Waals surface area contributed by atoms with Gasteiger partial charge in [0.05, 0.1) is 21.3 Å². The van der Waals surface area contributed by atoms with Crippen molar-refractivity contribution in [2.45, 2.75) is 12.7 Å². The minimum atomic E-state index is -4.45. The molecule has 0 atom stereocenters. The third kappa shape index (κ3) is 4.23. The molecule has 2 rings (SSSR count). The van der Waals surface area contributed by atoms with Gasteiger partial charge in [0.1, 0.15) is 12.3 Å². The van der Waals surface area contributed by atoms with Gasteiger partial charge in [0, 0.05) is 5.38 Å². The molecule has 0 aliphatic carbocycles. The van der Waals surface area contributed by atoms with Crippen molar-refractivity contribution in [2.75, 3.05) is 6.54 Å². The Morgan fingerprint density at radius 1 is 1.45 bits per heavy atom. The summed E-state index contributed by atoms with van der Waals surface area (Å²) in [4.78, 5) is 12.9. The quantitative estimate of drug-likeness (QED) is 0.704. The van der Waals surface area contributed by atoms with E-state index in [0.717, 1.165) is 7.78 Å². The summed E-state index contributed by atoms with van der Waals surface area (Å²) in [6, 6.07) is 4.67. The fourth-order valence-corrected chi connectivity index (χ4v) is 2.93. The molecule has 108 valence electrons. The van der Waals surface area contributed by atoms with Gasteiger partial charge in [0.2, 0.25) is 0 Å². The van der Waals surface area contributed by atoms with Gasteiger partial charge < -0.3 is 9.32 Å². The largest absolute Gasteiger partial charge is 0.467 e. The zero-order valence-corrected chi connectivity index (χ0v) is 13.0. The minimum Gasteiger partial charge on any atom is -0.467 e. The Balaban J connectivity index is 2.19. The van der Waals surface area contributed by atoms with Crippen molar-refractivity contribution in [1.82, 2.24) is 4.90 Å². The van der Waals surface area contributed by atoms with Gasteiger partial charge in [-0.2, -0.15) is 13.2 Å². The first-order valence-electron chi connectivity index (χ1n) is 5.47. The Kier molecular flexibility index (Phi) is 4.74. The molecule has 1 amide bonds. The molecule has 2 heterocycles. The Hall–Kier alpha value is -1.03. The van der Waals surface area contributed by atoms with Crippen molar-refractivity contribution < 1.29 is 22.4 Å². The average molecular weight is 415 g/mol. The molecule has 0 bridgehead atoms. The van der Waals surface area contributed by atoms with Crippen LogP contribution < -0.4 is 0 Å². The zero-order valence-electron chi connectivity index (χ0n) is 9.98. The van der Waals surface area contributed by atoms with Crippen LogP contribution in [0.5, 0.6) is 0 Å². The van der Waals surface area contributed by atoms with Gasteiger partial charge in [-0.3, -0.25) is 4.79 Å². The minimum absolute atomic E-state index is 0.211. The number of rotatable bonds is 4. The van der Waals surface area contributed by atoms with Crippen molar-refractivity contribution >= 4 is 39.8 Å². The second kappa shape index (κ2) is 6.17. The first-order chi connectivity index (χ1) is 9.35. The number of amides is 1. The van der Waals surface area contributed by atoms with Gasteiger partial charge in [-0.15, -0.1) is 11.3 Å². The van der Waals surface area contributed by atoms with E-state index in [9.17, 15) is 18.0 Å². The number of thiophene rings is 1. The third-order valence-electron chi connectivity index (χ3n) is 2.40. The number of nitrogens with zero attached hydrogens (tertiary/aromatic N) is 1. The lowest BCUT2D eigenvalue weighted by Gasteiger charge is -2.22. The van der Waals surface area contributed by atoms with Crippen LogP contribution in [0.4, 0.5) is 13.2 Å². The summed E-state index contributed by atoms with van der Waals surface area (Å²) in [5.74, 6) is -0.342. The van der Waals surface area contributed by atoms with Crippen LogP contribution in [0.1, 0.15) is 16.1 Å². The summed E-state index contributed by atoms with van der Waals surface area (Å²) >= 11 is 3.33. The number of furan rings is 1. The number of hydrogen-bond donors (Lipinski definition) is 0. The highest BCUT2D eigenvalue weighted by Gasteiger charge is 2.34. The lowest BCUT2D eigenvalue weighted by molar-refractivity contribution is -0.142. The van der Waals surface area contributed by atoms with Gasteiger partial charge in [-0.05, 0) is 40.8 Å². The van der Waals surface area contributed by atoms with Crippen molar-refractivity contribution in [2.24, 2.45) is 0 Å². The average Bonchev–Trinajstić information content (AvgIpc) is 2.97. The van der Waals surface area contributed by atoms with E-state index in [4.69, 9.17) is 4.42 Å². The molecule has 8 heteroatoms. The van der Waals surface area contributed by atoms with E-state index in [-0.39, 0.29) is 12.1 Å². The van der Waals surface area contributed by atoms with Gasteiger partial charge >= 0.3 is 6.18 Å². The first kappa shape index (κ1) is 15.4. The molecule has 0 radical (unpaired) electrons. The Morgan fingerprint density at radius 2 is 2.20 bits per heavy atom. The monoisotopic (exact) mass is 415 g/mol. The van der Waals surface area contributed by atoms with Crippen LogP contribution in [0.15, 0.2) is 34.3 Å². The molecule has 3 nitrogen and oxygen atoms in total. The summed E-state index contributed by atoms with van der Waals surface area (Å²) in [6.45, 7) is -1.52. The van der Waals surface area contributed by atoms with Crippen LogP contribution in [-0.4, -0.2) is 23.5 Å². The van der Waals surface area contributed by atoms with E-state index in [1.54, 1.807) is 17.5 Å². The van der Waals surface area contributed by atoms with Crippen molar-refractivity contribution in [3.63, 3.8) is 0 Å². The fourth-order valence-electron chi connectivity index (χ4n) is 1.61. The number of alkyl halides is 3. The highest BCUT2D eigenvalue weighted by atomic mass is 127. The van der Waals surface area contributed by atoms with Crippen molar-refractivity contribution in [3.05, 3.63) is 44.0 Å². The standard InChI is InChI=1S/C12H9F3INO2S/c13-12(14,15)7-17(5-9-2-1-3-19-9)11(18)8-4-10(16)20-6-8/h1-4,6H,5,7H2. The molecule has 0 unspecified atom stereocenters. The lowest BCUT2D eigenvalue weighted by atomic mass is 10.2. The van der Waals surface area contributed by atoms with E-state index >= 15 is 0 Å². The van der Waals surface area contributed by atoms with E-state index < -0.39 is 18.6 Å². The van der Waals surface area contributed by atoms with E-state index in [0.29, 0.717) is 5.76 Å². The molecule has 0 aromatic carbocycles. The third-order valence-corrected chi connectivity index (χ3v) is 4.19. The lowest BCUT2D eigenvalue weighted by Crippen LogP contribution is -2.38. The molecule has 0 aliphatic heterocycles. The van der Waals surface area contributed by atoms with Crippen LogP contribution in [0.3, 0.4) is 0 Å². The van der Waals surface area contributed by atoms with E-state index in [1.807, 2.05) is 22.6 Å². The highest BCUT2D eigenvalue weighted by Crippen LogP contribution is 2.23. The molecule has 0 N–H and O–H groups in total. The van der Waals surface area contributed by atoms with Crippen molar-refractivity contribution in [3.8, 4) is 0 Å². The van der Waals surface area contributed by atoms with Gasteiger partial charge in [0.25, 0.3) is 5.91 Å². The van der Waals surface area contributed by atoms with Crippen molar-refractivity contribution in [1.29, 1.82) is 0 Å². The second-order valence-electron chi connectivity index (χ2n) is 4.00.